The smallest absolute Gasteiger partial charge is 0.121 e. The molecule has 2 heteroatoms. The zero-order valence-corrected chi connectivity index (χ0v) is 21.6. The molecule has 0 aliphatic heterocycles. The van der Waals surface area contributed by atoms with Gasteiger partial charge in [-0.25, -0.2) is 0 Å². The Balaban J connectivity index is 2.07. The standard InChI is InChI=1S/C31H46O2/c1-23-19-27(20-24(2)29(23)32)31(28-21-25(3)30(33)26(4)22-28)17-15-13-11-9-7-5-6-8-10-12-14-16-18-31/h19-22,32-33H,5-18H2,1-4H3. The molecule has 0 heterocycles. The molecular weight excluding hydrogens is 404 g/mol. The Morgan fingerprint density at radius 2 is 0.697 bits per heavy atom. The van der Waals surface area contributed by atoms with Gasteiger partial charge in [0.05, 0.1) is 0 Å². The van der Waals surface area contributed by atoms with Crippen molar-refractivity contribution >= 4 is 0 Å². The average Bonchev–Trinajstić information content (AvgIpc) is 2.79. The molecule has 2 aromatic rings. The molecule has 182 valence electrons. The van der Waals surface area contributed by atoms with Crippen LogP contribution < -0.4 is 0 Å². The molecule has 1 fully saturated rings. The third kappa shape index (κ3) is 6.34. The molecule has 0 amide bonds. The van der Waals surface area contributed by atoms with Crippen LogP contribution in [-0.2, 0) is 5.41 Å². The summed E-state index contributed by atoms with van der Waals surface area (Å²) in [6.07, 6.45) is 18.2. The van der Waals surface area contributed by atoms with Crippen LogP contribution in [0.25, 0.3) is 0 Å². The van der Waals surface area contributed by atoms with Gasteiger partial charge in [-0.2, -0.15) is 0 Å². The van der Waals surface area contributed by atoms with E-state index in [0.717, 1.165) is 35.1 Å². The van der Waals surface area contributed by atoms with Crippen LogP contribution in [-0.4, -0.2) is 10.2 Å². The molecule has 33 heavy (non-hydrogen) atoms. The third-order valence-electron chi connectivity index (χ3n) is 8.04. The number of phenols is 2. The normalized spacial score (nSPS) is 18.9. The zero-order chi connectivity index (χ0) is 23.8. The van der Waals surface area contributed by atoms with E-state index in [0.29, 0.717) is 11.5 Å². The maximum atomic E-state index is 10.5. The summed E-state index contributed by atoms with van der Waals surface area (Å²) < 4.78 is 0. The quantitative estimate of drug-likeness (QED) is 0.479. The predicted molar refractivity (Wildman–Crippen MR) is 141 cm³/mol. The van der Waals surface area contributed by atoms with Crippen molar-refractivity contribution in [2.75, 3.05) is 0 Å². The molecule has 2 nitrogen and oxygen atoms in total. The Morgan fingerprint density at radius 1 is 0.455 bits per heavy atom. The van der Waals surface area contributed by atoms with Crippen LogP contribution in [0, 0.1) is 27.7 Å². The first kappa shape index (κ1) is 25.7. The van der Waals surface area contributed by atoms with E-state index >= 15 is 0 Å². The van der Waals surface area contributed by atoms with E-state index in [9.17, 15) is 10.2 Å². The van der Waals surface area contributed by atoms with Crippen LogP contribution in [0.2, 0.25) is 0 Å². The van der Waals surface area contributed by atoms with Crippen molar-refractivity contribution < 1.29 is 10.2 Å². The molecule has 0 radical (unpaired) electrons. The van der Waals surface area contributed by atoms with Gasteiger partial charge in [0.2, 0.25) is 0 Å². The minimum Gasteiger partial charge on any atom is -0.507 e. The molecule has 3 rings (SSSR count). The Hall–Kier alpha value is -1.96. The zero-order valence-electron chi connectivity index (χ0n) is 21.6. The van der Waals surface area contributed by atoms with E-state index in [2.05, 4.69) is 24.3 Å². The number of phenolic OH excluding ortho intramolecular Hbond substituents is 2. The van der Waals surface area contributed by atoms with Crippen LogP contribution in [0.1, 0.15) is 123 Å². The summed E-state index contributed by atoms with van der Waals surface area (Å²) in [7, 11) is 0. The van der Waals surface area contributed by atoms with Gasteiger partial charge in [-0.1, -0.05) is 101 Å². The molecule has 0 bridgehead atoms. The number of aryl methyl sites for hydroxylation is 4. The lowest BCUT2D eigenvalue weighted by Crippen LogP contribution is -2.29. The first-order valence-electron chi connectivity index (χ1n) is 13.5. The second-order valence-electron chi connectivity index (χ2n) is 10.7. The largest absolute Gasteiger partial charge is 0.507 e. The molecule has 1 aliphatic rings. The minimum absolute atomic E-state index is 0.0768. The van der Waals surface area contributed by atoms with Gasteiger partial charge < -0.3 is 10.2 Å². The van der Waals surface area contributed by atoms with Crippen molar-refractivity contribution in [1.29, 1.82) is 0 Å². The summed E-state index contributed by atoms with van der Waals surface area (Å²) in [4.78, 5) is 0. The lowest BCUT2D eigenvalue weighted by molar-refractivity contribution is 0.389. The van der Waals surface area contributed by atoms with Crippen LogP contribution in [0.4, 0.5) is 0 Å². The summed E-state index contributed by atoms with van der Waals surface area (Å²) >= 11 is 0. The maximum Gasteiger partial charge on any atom is 0.121 e. The third-order valence-corrected chi connectivity index (χ3v) is 8.04. The van der Waals surface area contributed by atoms with E-state index in [4.69, 9.17) is 0 Å². The van der Waals surface area contributed by atoms with Crippen molar-refractivity contribution in [3.63, 3.8) is 0 Å². The number of hydrogen-bond donors (Lipinski definition) is 2. The maximum absolute atomic E-state index is 10.5. The van der Waals surface area contributed by atoms with E-state index in [1.54, 1.807) is 0 Å². The second-order valence-corrected chi connectivity index (χ2v) is 10.7. The molecule has 0 atom stereocenters. The van der Waals surface area contributed by atoms with E-state index < -0.39 is 0 Å². The van der Waals surface area contributed by atoms with E-state index in [1.165, 1.54) is 88.2 Å². The van der Waals surface area contributed by atoms with Gasteiger partial charge in [-0.3, -0.25) is 0 Å². The Morgan fingerprint density at radius 3 is 0.970 bits per heavy atom. The van der Waals surface area contributed by atoms with Gasteiger partial charge in [0, 0.05) is 5.41 Å². The van der Waals surface area contributed by atoms with E-state index in [-0.39, 0.29) is 5.41 Å². The van der Waals surface area contributed by atoms with Crippen molar-refractivity contribution in [3.05, 3.63) is 57.6 Å². The van der Waals surface area contributed by atoms with Crippen molar-refractivity contribution in [2.45, 2.75) is 123 Å². The topological polar surface area (TPSA) is 40.5 Å². The highest BCUT2D eigenvalue weighted by atomic mass is 16.3. The molecule has 0 spiro atoms. The fourth-order valence-corrected chi connectivity index (χ4v) is 5.95. The van der Waals surface area contributed by atoms with E-state index in [1.807, 2.05) is 27.7 Å². The first-order chi connectivity index (χ1) is 15.8. The number of rotatable bonds is 2. The highest BCUT2D eigenvalue weighted by molar-refractivity contribution is 5.52. The van der Waals surface area contributed by atoms with Gasteiger partial charge in [0.1, 0.15) is 11.5 Å². The van der Waals surface area contributed by atoms with Gasteiger partial charge in [-0.15, -0.1) is 0 Å². The van der Waals surface area contributed by atoms with Crippen molar-refractivity contribution in [2.24, 2.45) is 0 Å². The van der Waals surface area contributed by atoms with Crippen molar-refractivity contribution in [3.8, 4) is 11.5 Å². The molecule has 0 saturated heterocycles. The fourth-order valence-electron chi connectivity index (χ4n) is 5.95. The summed E-state index contributed by atoms with van der Waals surface area (Å²) in [5, 5.41) is 21.0. The monoisotopic (exact) mass is 450 g/mol. The number of benzene rings is 2. The molecule has 0 aromatic heterocycles. The van der Waals surface area contributed by atoms with Gasteiger partial charge in [0.15, 0.2) is 0 Å². The SMILES string of the molecule is Cc1cc(C2(c3cc(C)c(O)c(C)c3)CCCCCCCCCCCCCC2)cc(C)c1O. The highest BCUT2D eigenvalue weighted by Gasteiger charge is 2.35. The molecular formula is C31H46O2. The molecule has 1 aliphatic carbocycles. The lowest BCUT2D eigenvalue weighted by atomic mass is 9.66. The Kier molecular flexibility index (Phi) is 9.29. The number of aromatic hydroxyl groups is 2. The van der Waals surface area contributed by atoms with Gasteiger partial charge in [-0.05, 0) is 73.9 Å². The Bertz CT molecular complexity index is 790. The highest BCUT2D eigenvalue weighted by Crippen LogP contribution is 2.45. The lowest BCUT2D eigenvalue weighted by Gasteiger charge is -2.37. The summed E-state index contributed by atoms with van der Waals surface area (Å²) in [6.45, 7) is 8.11. The van der Waals surface area contributed by atoms with Crippen LogP contribution in [0.5, 0.6) is 11.5 Å². The molecule has 2 N–H and O–H groups in total. The molecule has 2 aromatic carbocycles. The summed E-state index contributed by atoms with van der Waals surface area (Å²) in [6, 6.07) is 8.92. The first-order valence-corrected chi connectivity index (χ1v) is 13.5. The summed E-state index contributed by atoms with van der Waals surface area (Å²) in [5.41, 5.74) is 6.46. The molecule has 0 unspecified atom stereocenters. The number of hydrogen-bond acceptors (Lipinski definition) is 2. The van der Waals surface area contributed by atoms with Crippen LogP contribution in [0.3, 0.4) is 0 Å². The summed E-state index contributed by atoms with van der Waals surface area (Å²) in [5.74, 6) is 0.841. The predicted octanol–water partition coefficient (Wildman–Crippen LogP) is 9.09. The second kappa shape index (κ2) is 12.0. The van der Waals surface area contributed by atoms with Crippen LogP contribution in [0.15, 0.2) is 24.3 Å². The van der Waals surface area contributed by atoms with Gasteiger partial charge >= 0.3 is 0 Å². The Labute approximate surface area is 202 Å². The fraction of sp³-hybridized carbons (Fsp3) is 0.613. The minimum atomic E-state index is -0.0768. The van der Waals surface area contributed by atoms with Crippen molar-refractivity contribution in [1.82, 2.24) is 0 Å². The van der Waals surface area contributed by atoms with Crippen LogP contribution >= 0.6 is 0 Å². The van der Waals surface area contributed by atoms with Gasteiger partial charge in [0.25, 0.3) is 0 Å². The average molecular weight is 451 g/mol. The molecule has 1 saturated carbocycles.